The zero-order chi connectivity index (χ0) is 12.8. The summed E-state index contributed by atoms with van der Waals surface area (Å²) in [5, 5.41) is 0. The van der Waals surface area contributed by atoms with Crippen LogP contribution in [0.4, 0.5) is 0 Å². The molecule has 0 fully saturated rings. The van der Waals surface area contributed by atoms with Crippen molar-refractivity contribution in [3.05, 3.63) is 60.2 Å². The third-order valence-corrected chi connectivity index (χ3v) is 3.45. The topological polar surface area (TPSA) is 9.23 Å². The Morgan fingerprint density at radius 1 is 1.11 bits per heavy atom. The summed E-state index contributed by atoms with van der Waals surface area (Å²) in [6.07, 6.45) is 10.0. The van der Waals surface area contributed by atoms with Crippen LogP contribution in [-0.2, 0) is 4.74 Å². The Balaban J connectivity index is 2.20. The van der Waals surface area contributed by atoms with Crippen molar-refractivity contribution in [2.75, 3.05) is 6.61 Å². The number of benzene rings is 1. The summed E-state index contributed by atoms with van der Waals surface area (Å²) in [4.78, 5) is 0. The molecule has 0 N–H and O–H groups in total. The molecule has 0 aliphatic heterocycles. The zero-order valence-corrected chi connectivity index (χ0v) is 11.3. The highest BCUT2D eigenvalue weighted by Gasteiger charge is 2.26. The van der Waals surface area contributed by atoms with Crippen LogP contribution in [0, 0.1) is 11.8 Å². The molecule has 0 saturated carbocycles. The van der Waals surface area contributed by atoms with E-state index in [1.54, 1.807) is 0 Å². The SMILES string of the molecule is CCCOC(c1ccccc1)C1C=CC=CC1C. The van der Waals surface area contributed by atoms with Crippen molar-refractivity contribution in [3.63, 3.8) is 0 Å². The Labute approximate surface area is 110 Å². The number of hydrogen-bond donors (Lipinski definition) is 0. The van der Waals surface area contributed by atoms with Crippen LogP contribution in [0.5, 0.6) is 0 Å². The Hall–Kier alpha value is -1.34. The van der Waals surface area contributed by atoms with Crippen LogP contribution in [-0.4, -0.2) is 6.61 Å². The minimum Gasteiger partial charge on any atom is -0.373 e. The van der Waals surface area contributed by atoms with E-state index in [0.29, 0.717) is 11.8 Å². The van der Waals surface area contributed by atoms with Crippen LogP contribution in [0.15, 0.2) is 54.6 Å². The molecule has 3 atom stereocenters. The van der Waals surface area contributed by atoms with E-state index >= 15 is 0 Å². The summed E-state index contributed by atoms with van der Waals surface area (Å²) in [5.74, 6) is 0.959. The normalized spacial score (nSPS) is 24.1. The molecule has 3 unspecified atom stereocenters. The molecular formula is C17H22O. The molecule has 1 aliphatic carbocycles. The molecule has 1 heteroatoms. The standard InChI is InChI=1S/C17H22O/c1-3-13-18-17(15-10-5-4-6-11-15)16-12-8-7-9-14(16)2/h4-12,14,16-17H,3,13H2,1-2H3. The fraction of sp³-hybridized carbons (Fsp3) is 0.412. The van der Waals surface area contributed by atoms with Gasteiger partial charge in [0.05, 0.1) is 6.10 Å². The first-order valence-corrected chi connectivity index (χ1v) is 6.84. The van der Waals surface area contributed by atoms with E-state index < -0.39 is 0 Å². The van der Waals surface area contributed by atoms with Crippen molar-refractivity contribution >= 4 is 0 Å². The van der Waals surface area contributed by atoms with Gasteiger partial charge < -0.3 is 4.74 Å². The maximum atomic E-state index is 6.10. The fourth-order valence-corrected chi connectivity index (χ4v) is 2.43. The van der Waals surface area contributed by atoms with Gasteiger partial charge >= 0.3 is 0 Å². The largest absolute Gasteiger partial charge is 0.373 e. The summed E-state index contributed by atoms with van der Waals surface area (Å²) < 4.78 is 6.10. The van der Waals surface area contributed by atoms with Crippen molar-refractivity contribution in [2.45, 2.75) is 26.4 Å². The van der Waals surface area contributed by atoms with Crippen LogP contribution < -0.4 is 0 Å². The average Bonchev–Trinajstić information content (AvgIpc) is 2.42. The van der Waals surface area contributed by atoms with Crippen LogP contribution in [0.3, 0.4) is 0 Å². The van der Waals surface area contributed by atoms with E-state index in [-0.39, 0.29) is 6.10 Å². The monoisotopic (exact) mass is 242 g/mol. The lowest BCUT2D eigenvalue weighted by Crippen LogP contribution is -2.21. The van der Waals surface area contributed by atoms with Gasteiger partial charge in [-0.1, -0.05) is 68.5 Å². The maximum Gasteiger partial charge on any atom is 0.0893 e. The van der Waals surface area contributed by atoms with E-state index in [2.05, 4.69) is 68.5 Å². The van der Waals surface area contributed by atoms with E-state index in [1.165, 1.54) is 5.56 Å². The molecule has 1 aliphatic rings. The third kappa shape index (κ3) is 3.11. The molecule has 96 valence electrons. The van der Waals surface area contributed by atoms with Crippen LogP contribution in [0.2, 0.25) is 0 Å². The molecular weight excluding hydrogens is 220 g/mol. The van der Waals surface area contributed by atoms with Gasteiger partial charge in [0.25, 0.3) is 0 Å². The Bertz CT molecular complexity index is 405. The molecule has 18 heavy (non-hydrogen) atoms. The Kier molecular flexibility index (Phi) is 4.77. The molecule has 2 rings (SSSR count). The lowest BCUT2D eigenvalue weighted by molar-refractivity contribution is 0.0146. The molecule has 1 aromatic carbocycles. The quantitative estimate of drug-likeness (QED) is 0.737. The smallest absolute Gasteiger partial charge is 0.0893 e. The van der Waals surface area contributed by atoms with Crippen molar-refractivity contribution in [2.24, 2.45) is 11.8 Å². The molecule has 0 heterocycles. The molecule has 0 saturated heterocycles. The number of hydrogen-bond acceptors (Lipinski definition) is 1. The highest BCUT2D eigenvalue weighted by atomic mass is 16.5. The van der Waals surface area contributed by atoms with E-state index in [1.807, 2.05) is 0 Å². The summed E-state index contributed by atoms with van der Waals surface area (Å²) in [5.41, 5.74) is 1.28. The molecule has 0 radical (unpaired) electrons. The van der Waals surface area contributed by atoms with Gasteiger partial charge in [0.1, 0.15) is 0 Å². The van der Waals surface area contributed by atoms with Crippen molar-refractivity contribution in [3.8, 4) is 0 Å². The predicted octanol–water partition coefficient (Wildman–Crippen LogP) is 4.53. The first-order chi connectivity index (χ1) is 8.83. The minimum absolute atomic E-state index is 0.169. The van der Waals surface area contributed by atoms with Gasteiger partial charge in [-0.05, 0) is 17.9 Å². The number of rotatable bonds is 5. The Morgan fingerprint density at radius 3 is 2.50 bits per heavy atom. The first-order valence-electron chi connectivity index (χ1n) is 6.84. The van der Waals surface area contributed by atoms with Gasteiger partial charge in [-0.2, -0.15) is 0 Å². The van der Waals surface area contributed by atoms with Crippen molar-refractivity contribution in [1.82, 2.24) is 0 Å². The van der Waals surface area contributed by atoms with Gasteiger partial charge in [-0.3, -0.25) is 0 Å². The minimum atomic E-state index is 0.169. The molecule has 0 amide bonds. The average molecular weight is 242 g/mol. The van der Waals surface area contributed by atoms with Crippen LogP contribution in [0.1, 0.15) is 31.9 Å². The van der Waals surface area contributed by atoms with E-state index in [9.17, 15) is 0 Å². The zero-order valence-electron chi connectivity index (χ0n) is 11.3. The third-order valence-electron chi connectivity index (χ3n) is 3.45. The summed E-state index contributed by atoms with van der Waals surface area (Å²) >= 11 is 0. The number of allylic oxidation sites excluding steroid dienone is 3. The second-order valence-electron chi connectivity index (χ2n) is 4.91. The predicted molar refractivity (Wildman–Crippen MR) is 76.4 cm³/mol. The summed E-state index contributed by atoms with van der Waals surface area (Å²) in [6.45, 7) is 5.23. The molecule has 1 aromatic rings. The van der Waals surface area contributed by atoms with Gasteiger partial charge in [-0.15, -0.1) is 0 Å². The molecule has 0 bridgehead atoms. The fourth-order valence-electron chi connectivity index (χ4n) is 2.43. The molecule has 1 nitrogen and oxygen atoms in total. The molecule has 0 spiro atoms. The first kappa shape index (κ1) is 13.1. The second-order valence-corrected chi connectivity index (χ2v) is 4.91. The van der Waals surface area contributed by atoms with E-state index in [4.69, 9.17) is 4.74 Å². The Morgan fingerprint density at radius 2 is 1.83 bits per heavy atom. The summed E-state index contributed by atoms with van der Waals surface area (Å²) in [7, 11) is 0. The van der Waals surface area contributed by atoms with E-state index in [0.717, 1.165) is 13.0 Å². The van der Waals surface area contributed by atoms with Crippen LogP contribution >= 0.6 is 0 Å². The van der Waals surface area contributed by atoms with Gasteiger partial charge in [0.15, 0.2) is 0 Å². The lowest BCUT2D eigenvalue weighted by Gasteiger charge is -2.30. The van der Waals surface area contributed by atoms with Crippen molar-refractivity contribution in [1.29, 1.82) is 0 Å². The van der Waals surface area contributed by atoms with Gasteiger partial charge in [0, 0.05) is 12.5 Å². The lowest BCUT2D eigenvalue weighted by atomic mass is 9.82. The highest BCUT2D eigenvalue weighted by Crippen LogP contribution is 2.35. The van der Waals surface area contributed by atoms with Crippen LogP contribution in [0.25, 0.3) is 0 Å². The molecule has 0 aromatic heterocycles. The van der Waals surface area contributed by atoms with Gasteiger partial charge in [-0.25, -0.2) is 0 Å². The highest BCUT2D eigenvalue weighted by molar-refractivity contribution is 5.23. The van der Waals surface area contributed by atoms with Gasteiger partial charge in [0.2, 0.25) is 0 Å². The maximum absolute atomic E-state index is 6.10. The number of ether oxygens (including phenoxy) is 1. The second kappa shape index (κ2) is 6.55. The summed E-state index contributed by atoms with van der Waals surface area (Å²) in [6, 6.07) is 10.6. The van der Waals surface area contributed by atoms with Crippen molar-refractivity contribution < 1.29 is 4.74 Å².